The summed E-state index contributed by atoms with van der Waals surface area (Å²) in [6, 6.07) is 0. The first kappa shape index (κ1) is 12.2. The largest absolute Gasteiger partial charge is 0.378 e. The Morgan fingerprint density at radius 1 is 0.750 bits per heavy atom. The first-order chi connectivity index (χ1) is 4.65. The third-order valence-corrected chi connectivity index (χ3v) is 1.47. The van der Waals surface area contributed by atoms with Gasteiger partial charge in [-0.3, -0.25) is 0 Å². The molecule has 0 aromatic heterocycles. The second-order valence-corrected chi connectivity index (χ2v) is 2.18. The standard InChI is InChI=1S/C4HF7.HI/c5-1-2(6,7)4(10,11)3(1,8)9;/h1H;1H. The summed E-state index contributed by atoms with van der Waals surface area (Å²) in [5, 5.41) is 0. The maximum Gasteiger partial charge on any atom is 0.378 e. The van der Waals surface area contributed by atoms with E-state index in [1.165, 1.54) is 0 Å². The van der Waals surface area contributed by atoms with Gasteiger partial charge in [-0.2, -0.15) is 26.3 Å². The lowest BCUT2D eigenvalue weighted by Crippen LogP contribution is -2.76. The van der Waals surface area contributed by atoms with E-state index in [1.54, 1.807) is 0 Å². The van der Waals surface area contributed by atoms with Crippen molar-refractivity contribution in [1.82, 2.24) is 0 Å². The summed E-state index contributed by atoms with van der Waals surface area (Å²) < 4.78 is 81.2. The van der Waals surface area contributed by atoms with Crippen molar-refractivity contribution in [2.45, 2.75) is 23.9 Å². The van der Waals surface area contributed by atoms with Gasteiger partial charge in [0.05, 0.1) is 0 Å². The van der Waals surface area contributed by atoms with Crippen LogP contribution in [0.2, 0.25) is 0 Å². The minimum absolute atomic E-state index is 0. The zero-order valence-electron chi connectivity index (χ0n) is 5.13. The molecule has 12 heavy (non-hydrogen) atoms. The number of halogens is 8. The summed E-state index contributed by atoms with van der Waals surface area (Å²) in [4.78, 5) is 0. The van der Waals surface area contributed by atoms with Crippen LogP contribution in [0.25, 0.3) is 0 Å². The van der Waals surface area contributed by atoms with Gasteiger partial charge in [0.1, 0.15) is 0 Å². The number of hydrogen-bond acceptors (Lipinski definition) is 0. The van der Waals surface area contributed by atoms with Crippen LogP contribution in [-0.2, 0) is 0 Å². The molecule has 0 saturated heterocycles. The molecule has 1 aliphatic rings. The van der Waals surface area contributed by atoms with Crippen LogP contribution in [0.4, 0.5) is 30.7 Å². The molecule has 74 valence electrons. The van der Waals surface area contributed by atoms with Crippen molar-refractivity contribution >= 4 is 24.0 Å². The second kappa shape index (κ2) is 2.61. The highest BCUT2D eigenvalue weighted by Crippen LogP contribution is 2.62. The first-order valence-electron chi connectivity index (χ1n) is 2.43. The maximum absolute atomic E-state index is 11.6. The Labute approximate surface area is 79.1 Å². The summed E-state index contributed by atoms with van der Waals surface area (Å²) in [6.07, 6.45) is -4.08. The molecule has 0 aromatic carbocycles. The third kappa shape index (κ3) is 0.956. The number of hydrogen-bond donors (Lipinski definition) is 0. The summed E-state index contributed by atoms with van der Waals surface area (Å²) in [6.45, 7) is 0. The van der Waals surface area contributed by atoms with Crippen molar-refractivity contribution in [2.75, 3.05) is 0 Å². The van der Waals surface area contributed by atoms with Gasteiger partial charge in [-0.05, 0) is 0 Å². The monoisotopic (exact) mass is 310 g/mol. The zero-order valence-corrected chi connectivity index (χ0v) is 7.46. The SMILES string of the molecule is FC1C(F)(F)C(F)(F)C1(F)F.I. The van der Waals surface area contributed by atoms with Gasteiger partial charge in [-0.15, -0.1) is 24.0 Å². The molecule has 1 saturated carbocycles. The van der Waals surface area contributed by atoms with Crippen LogP contribution in [0.5, 0.6) is 0 Å². The molecule has 0 bridgehead atoms. The molecule has 8 heteroatoms. The Bertz CT molecular complexity index is 170. The number of rotatable bonds is 0. The van der Waals surface area contributed by atoms with E-state index in [1.807, 2.05) is 0 Å². The summed E-state index contributed by atoms with van der Waals surface area (Å²) in [7, 11) is 0. The van der Waals surface area contributed by atoms with E-state index in [9.17, 15) is 30.7 Å². The third-order valence-electron chi connectivity index (χ3n) is 1.47. The predicted octanol–water partition coefficient (Wildman–Crippen LogP) is 2.86. The van der Waals surface area contributed by atoms with Crippen molar-refractivity contribution in [2.24, 2.45) is 0 Å². The van der Waals surface area contributed by atoms with Crippen molar-refractivity contribution in [3.8, 4) is 0 Å². The Morgan fingerprint density at radius 3 is 1.08 bits per heavy atom. The molecule has 0 atom stereocenters. The Hall–Kier alpha value is 0.240. The normalized spacial score (nSPS) is 30.2. The summed E-state index contributed by atoms with van der Waals surface area (Å²) in [5.74, 6) is -16.0. The fourth-order valence-corrected chi connectivity index (χ4v) is 0.690. The van der Waals surface area contributed by atoms with Gasteiger partial charge < -0.3 is 0 Å². The Kier molecular flexibility index (Phi) is 2.66. The van der Waals surface area contributed by atoms with Gasteiger partial charge in [0.25, 0.3) is 0 Å². The maximum atomic E-state index is 11.6. The summed E-state index contributed by atoms with van der Waals surface area (Å²) >= 11 is 0. The molecule has 0 spiro atoms. The van der Waals surface area contributed by atoms with Crippen LogP contribution in [0.1, 0.15) is 0 Å². The molecule has 0 unspecified atom stereocenters. The van der Waals surface area contributed by atoms with Gasteiger partial charge in [-0.25, -0.2) is 4.39 Å². The first-order valence-corrected chi connectivity index (χ1v) is 2.43. The van der Waals surface area contributed by atoms with Crippen LogP contribution in [0.3, 0.4) is 0 Å². The Balaban J connectivity index is 0.00000121. The van der Waals surface area contributed by atoms with Gasteiger partial charge in [0, 0.05) is 0 Å². The van der Waals surface area contributed by atoms with Gasteiger partial charge in [-0.1, -0.05) is 0 Å². The van der Waals surface area contributed by atoms with Crippen molar-refractivity contribution < 1.29 is 30.7 Å². The van der Waals surface area contributed by atoms with Crippen LogP contribution >= 0.6 is 24.0 Å². The highest BCUT2D eigenvalue weighted by molar-refractivity contribution is 14.0. The predicted molar refractivity (Wildman–Crippen MR) is 35.2 cm³/mol. The minimum Gasteiger partial charge on any atom is -0.234 e. The summed E-state index contributed by atoms with van der Waals surface area (Å²) in [5.41, 5.74) is 0. The molecular formula is C4H2F7I. The molecule has 0 amide bonds. The van der Waals surface area contributed by atoms with E-state index in [0.29, 0.717) is 0 Å². The van der Waals surface area contributed by atoms with Crippen molar-refractivity contribution in [3.05, 3.63) is 0 Å². The van der Waals surface area contributed by atoms with Gasteiger partial charge in [0.2, 0.25) is 6.17 Å². The molecule has 0 nitrogen and oxygen atoms in total. The lowest BCUT2D eigenvalue weighted by molar-refractivity contribution is -0.432. The molecule has 0 heterocycles. The fraction of sp³-hybridized carbons (Fsp3) is 1.00. The van der Waals surface area contributed by atoms with Gasteiger partial charge >= 0.3 is 17.8 Å². The van der Waals surface area contributed by atoms with Crippen LogP contribution in [-0.4, -0.2) is 23.9 Å². The fourth-order valence-electron chi connectivity index (χ4n) is 0.690. The van der Waals surface area contributed by atoms with E-state index < -0.39 is 23.9 Å². The average molecular weight is 310 g/mol. The molecule has 1 fully saturated rings. The highest BCUT2D eigenvalue weighted by Gasteiger charge is 2.91. The van der Waals surface area contributed by atoms with Crippen LogP contribution in [0, 0.1) is 0 Å². The highest BCUT2D eigenvalue weighted by atomic mass is 127. The number of alkyl halides is 7. The quantitative estimate of drug-likeness (QED) is 0.477. The lowest BCUT2D eigenvalue weighted by atomic mass is 9.82. The van der Waals surface area contributed by atoms with Crippen LogP contribution < -0.4 is 0 Å². The Morgan fingerprint density at radius 2 is 1.00 bits per heavy atom. The van der Waals surface area contributed by atoms with E-state index >= 15 is 0 Å². The van der Waals surface area contributed by atoms with Gasteiger partial charge in [0.15, 0.2) is 0 Å². The second-order valence-electron chi connectivity index (χ2n) is 2.18. The average Bonchev–Trinajstić information content (AvgIpc) is 1.84. The molecular weight excluding hydrogens is 308 g/mol. The van der Waals surface area contributed by atoms with E-state index in [2.05, 4.69) is 0 Å². The molecule has 0 radical (unpaired) electrons. The van der Waals surface area contributed by atoms with Crippen LogP contribution in [0.15, 0.2) is 0 Å². The molecule has 1 rings (SSSR count). The zero-order chi connectivity index (χ0) is 9.08. The van der Waals surface area contributed by atoms with E-state index in [4.69, 9.17) is 0 Å². The van der Waals surface area contributed by atoms with Crippen molar-refractivity contribution in [1.29, 1.82) is 0 Å². The van der Waals surface area contributed by atoms with Crippen molar-refractivity contribution in [3.63, 3.8) is 0 Å². The lowest BCUT2D eigenvalue weighted by Gasteiger charge is -2.45. The van der Waals surface area contributed by atoms with E-state index in [-0.39, 0.29) is 24.0 Å². The molecule has 1 aliphatic carbocycles. The molecule has 0 N–H and O–H groups in total. The van der Waals surface area contributed by atoms with E-state index in [0.717, 1.165) is 0 Å². The smallest absolute Gasteiger partial charge is 0.234 e. The molecule has 0 aliphatic heterocycles. The minimum atomic E-state index is -5.56. The molecule has 0 aromatic rings. The topological polar surface area (TPSA) is 0 Å².